The zero-order valence-electron chi connectivity index (χ0n) is 15.4. The largest absolute Gasteiger partial charge is 0.379 e. The number of carbonyl (C=O) groups excluding carboxylic acids is 1. The maximum absolute atomic E-state index is 12.7. The summed E-state index contributed by atoms with van der Waals surface area (Å²) in [5, 5.41) is 3.06. The Morgan fingerprint density at radius 3 is 2.50 bits per heavy atom. The number of morpholine rings is 1. The van der Waals surface area contributed by atoms with Crippen LogP contribution in [0.4, 0.5) is 5.69 Å². The molecule has 1 saturated heterocycles. The molecule has 1 aliphatic heterocycles. The van der Waals surface area contributed by atoms with Crippen molar-refractivity contribution < 1.29 is 17.9 Å². The number of ether oxygens (including phenoxy) is 1. The molecule has 0 saturated carbocycles. The van der Waals surface area contributed by atoms with Crippen molar-refractivity contribution in [1.29, 1.82) is 0 Å². The van der Waals surface area contributed by atoms with Crippen LogP contribution in [-0.2, 0) is 19.6 Å². The van der Waals surface area contributed by atoms with E-state index in [1.807, 2.05) is 11.8 Å². The van der Waals surface area contributed by atoms with Crippen molar-refractivity contribution in [1.82, 2.24) is 9.21 Å². The molecule has 0 aromatic heterocycles. The lowest BCUT2D eigenvalue weighted by Crippen LogP contribution is -2.47. The molecule has 26 heavy (non-hydrogen) atoms. The van der Waals surface area contributed by atoms with Gasteiger partial charge in [0.25, 0.3) is 0 Å². The Morgan fingerprint density at radius 2 is 1.92 bits per heavy atom. The second-order valence-corrected chi connectivity index (χ2v) is 8.39. The standard InChI is InChI=1S/C17H26ClN3O4S/c1-4-21(5-2)26(23,24)14-6-7-15(18)16(12-14)19-17(22)13(3)20-8-10-25-11-9-20/h6-7,12-13H,4-5,8-11H2,1-3H3,(H,19,22)/t13-/m1/s1. The topological polar surface area (TPSA) is 79.0 Å². The summed E-state index contributed by atoms with van der Waals surface area (Å²) >= 11 is 6.17. The van der Waals surface area contributed by atoms with E-state index in [-0.39, 0.29) is 16.8 Å². The second-order valence-electron chi connectivity index (χ2n) is 6.04. The van der Waals surface area contributed by atoms with Gasteiger partial charge in [-0.1, -0.05) is 25.4 Å². The van der Waals surface area contributed by atoms with Crippen LogP contribution in [0.15, 0.2) is 23.1 Å². The third-order valence-electron chi connectivity index (χ3n) is 4.51. The van der Waals surface area contributed by atoms with Gasteiger partial charge in [-0.3, -0.25) is 9.69 Å². The zero-order chi connectivity index (χ0) is 19.3. The van der Waals surface area contributed by atoms with E-state index in [2.05, 4.69) is 5.32 Å². The molecule has 1 aliphatic rings. The molecule has 1 N–H and O–H groups in total. The van der Waals surface area contributed by atoms with Gasteiger partial charge in [0, 0.05) is 26.2 Å². The molecule has 1 amide bonds. The number of sulfonamides is 1. The number of benzene rings is 1. The van der Waals surface area contributed by atoms with Crippen LogP contribution in [0.1, 0.15) is 20.8 Å². The maximum atomic E-state index is 12.7. The van der Waals surface area contributed by atoms with Gasteiger partial charge in [0.15, 0.2) is 0 Å². The van der Waals surface area contributed by atoms with Gasteiger partial charge in [-0.2, -0.15) is 4.31 Å². The monoisotopic (exact) mass is 403 g/mol. The Morgan fingerprint density at radius 1 is 1.31 bits per heavy atom. The first kappa shape index (κ1) is 21.1. The van der Waals surface area contributed by atoms with Crippen molar-refractivity contribution in [2.75, 3.05) is 44.7 Å². The Bertz CT molecular complexity index is 732. The molecule has 0 bridgehead atoms. The van der Waals surface area contributed by atoms with Crippen LogP contribution in [0.3, 0.4) is 0 Å². The van der Waals surface area contributed by atoms with E-state index in [0.29, 0.717) is 50.1 Å². The van der Waals surface area contributed by atoms with Gasteiger partial charge in [0.05, 0.1) is 34.9 Å². The lowest BCUT2D eigenvalue weighted by molar-refractivity contribution is -0.122. The summed E-state index contributed by atoms with van der Waals surface area (Å²) in [6.45, 7) is 8.66. The first-order chi connectivity index (χ1) is 12.3. The number of hydrogen-bond donors (Lipinski definition) is 1. The molecule has 146 valence electrons. The highest BCUT2D eigenvalue weighted by Gasteiger charge is 2.26. The Balaban J connectivity index is 2.20. The smallest absolute Gasteiger partial charge is 0.243 e. The van der Waals surface area contributed by atoms with Gasteiger partial charge in [-0.15, -0.1) is 0 Å². The Kier molecular flexibility index (Phi) is 7.42. The van der Waals surface area contributed by atoms with E-state index in [9.17, 15) is 13.2 Å². The normalized spacial score (nSPS) is 17.3. The molecule has 9 heteroatoms. The summed E-state index contributed by atoms with van der Waals surface area (Å²) in [7, 11) is -3.62. The average Bonchev–Trinajstić information content (AvgIpc) is 2.64. The Hall–Kier alpha value is -1.19. The van der Waals surface area contributed by atoms with E-state index in [1.165, 1.54) is 22.5 Å². The van der Waals surface area contributed by atoms with Crippen LogP contribution in [0.2, 0.25) is 5.02 Å². The third-order valence-corrected chi connectivity index (χ3v) is 6.89. The van der Waals surface area contributed by atoms with Crippen LogP contribution in [0, 0.1) is 0 Å². The predicted molar refractivity (Wildman–Crippen MR) is 102 cm³/mol. The predicted octanol–water partition coefficient (Wildman–Crippen LogP) is 2.03. The molecule has 0 unspecified atom stereocenters. The van der Waals surface area contributed by atoms with Gasteiger partial charge in [0.2, 0.25) is 15.9 Å². The number of halogens is 1. The average molecular weight is 404 g/mol. The quantitative estimate of drug-likeness (QED) is 0.753. The van der Waals surface area contributed by atoms with Crippen molar-refractivity contribution in [2.24, 2.45) is 0 Å². The number of anilines is 1. The van der Waals surface area contributed by atoms with Crippen LogP contribution in [0.25, 0.3) is 0 Å². The summed E-state index contributed by atoms with van der Waals surface area (Å²) in [6, 6.07) is 4.00. The number of nitrogens with one attached hydrogen (secondary N) is 1. The van der Waals surface area contributed by atoms with Gasteiger partial charge in [-0.25, -0.2) is 8.42 Å². The molecule has 0 radical (unpaired) electrons. The molecule has 2 rings (SSSR count). The minimum Gasteiger partial charge on any atom is -0.379 e. The van der Waals surface area contributed by atoms with Gasteiger partial charge >= 0.3 is 0 Å². The number of hydrogen-bond acceptors (Lipinski definition) is 5. The van der Waals surface area contributed by atoms with Crippen LogP contribution < -0.4 is 5.32 Å². The van der Waals surface area contributed by atoms with Crippen molar-refractivity contribution in [3.63, 3.8) is 0 Å². The van der Waals surface area contributed by atoms with Crippen molar-refractivity contribution >= 4 is 33.2 Å². The van der Waals surface area contributed by atoms with E-state index in [1.54, 1.807) is 13.8 Å². The molecule has 1 aromatic rings. The van der Waals surface area contributed by atoms with Gasteiger partial charge in [0.1, 0.15) is 0 Å². The summed E-state index contributed by atoms with van der Waals surface area (Å²) < 4.78 is 32.0. The highest BCUT2D eigenvalue weighted by Crippen LogP contribution is 2.27. The minimum absolute atomic E-state index is 0.111. The number of carbonyl (C=O) groups is 1. The molecule has 7 nitrogen and oxygen atoms in total. The van der Waals surface area contributed by atoms with Crippen LogP contribution >= 0.6 is 11.6 Å². The van der Waals surface area contributed by atoms with Crippen molar-refractivity contribution in [2.45, 2.75) is 31.7 Å². The maximum Gasteiger partial charge on any atom is 0.243 e. The van der Waals surface area contributed by atoms with E-state index < -0.39 is 10.0 Å². The molecule has 1 heterocycles. The number of amides is 1. The summed E-state index contributed by atoms with van der Waals surface area (Å²) in [5.41, 5.74) is 0.296. The van der Waals surface area contributed by atoms with Crippen molar-refractivity contribution in [3.05, 3.63) is 23.2 Å². The fourth-order valence-electron chi connectivity index (χ4n) is 2.84. The minimum atomic E-state index is -3.62. The van der Waals surface area contributed by atoms with Gasteiger partial charge < -0.3 is 10.1 Å². The van der Waals surface area contributed by atoms with Crippen LogP contribution in [-0.4, -0.2) is 69.0 Å². The second kappa shape index (κ2) is 9.14. The molecule has 0 spiro atoms. The fraction of sp³-hybridized carbons (Fsp3) is 0.588. The van der Waals surface area contributed by atoms with E-state index in [4.69, 9.17) is 16.3 Å². The molecule has 1 fully saturated rings. The molecule has 1 atom stereocenters. The van der Waals surface area contributed by atoms with Crippen LogP contribution in [0.5, 0.6) is 0 Å². The molecule has 0 aliphatic carbocycles. The van der Waals surface area contributed by atoms with Gasteiger partial charge in [-0.05, 0) is 25.1 Å². The summed E-state index contributed by atoms with van der Waals surface area (Å²) in [4.78, 5) is 14.7. The zero-order valence-corrected chi connectivity index (χ0v) is 16.9. The lowest BCUT2D eigenvalue weighted by atomic mass is 10.2. The molecular weight excluding hydrogens is 378 g/mol. The first-order valence-electron chi connectivity index (χ1n) is 8.73. The number of rotatable bonds is 7. The summed E-state index contributed by atoms with van der Waals surface area (Å²) in [5.74, 6) is -0.230. The lowest BCUT2D eigenvalue weighted by Gasteiger charge is -2.31. The fourth-order valence-corrected chi connectivity index (χ4v) is 4.49. The highest BCUT2D eigenvalue weighted by atomic mass is 35.5. The first-order valence-corrected chi connectivity index (χ1v) is 10.5. The third kappa shape index (κ3) is 4.75. The van der Waals surface area contributed by atoms with E-state index in [0.717, 1.165) is 0 Å². The summed E-state index contributed by atoms with van der Waals surface area (Å²) in [6.07, 6.45) is 0. The molecule has 1 aromatic carbocycles. The highest BCUT2D eigenvalue weighted by molar-refractivity contribution is 7.89. The van der Waals surface area contributed by atoms with E-state index >= 15 is 0 Å². The molecular formula is C17H26ClN3O4S. The SMILES string of the molecule is CCN(CC)S(=O)(=O)c1ccc(Cl)c(NC(=O)[C@@H](C)N2CCOCC2)c1. The number of nitrogens with zero attached hydrogens (tertiary/aromatic N) is 2. The Labute approximate surface area is 160 Å². The van der Waals surface area contributed by atoms with Crippen molar-refractivity contribution in [3.8, 4) is 0 Å².